The molecule has 1 aromatic carbocycles. The summed E-state index contributed by atoms with van der Waals surface area (Å²) in [5, 5.41) is 9.42. The van der Waals surface area contributed by atoms with E-state index >= 15 is 0 Å². The minimum atomic E-state index is -0.946. The van der Waals surface area contributed by atoms with Gasteiger partial charge in [0.2, 0.25) is 0 Å². The molecule has 2 nitrogen and oxygen atoms in total. The Labute approximate surface area is 90.9 Å². The van der Waals surface area contributed by atoms with E-state index < -0.39 is 5.60 Å². The van der Waals surface area contributed by atoms with Gasteiger partial charge in [-0.05, 0) is 45.0 Å². The van der Waals surface area contributed by atoms with Crippen LogP contribution < -0.4 is 4.74 Å². The fraction of sp³-hybridized carbons (Fsp3) is 0.385. The van der Waals surface area contributed by atoms with Crippen LogP contribution in [0.1, 0.15) is 26.3 Å². The number of hydrogen-bond acceptors (Lipinski definition) is 2. The van der Waals surface area contributed by atoms with Crippen molar-refractivity contribution in [2.24, 2.45) is 0 Å². The third kappa shape index (κ3) is 4.53. The van der Waals surface area contributed by atoms with Crippen LogP contribution in [0.4, 0.5) is 0 Å². The summed E-state index contributed by atoms with van der Waals surface area (Å²) in [6, 6.07) is 7.50. The zero-order valence-electron chi connectivity index (χ0n) is 9.37. The summed E-state index contributed by atoms with van der Waals surface area (Å²) in [5.41, 5.74) is -0.0703. The normalized spacial score (nSPS) is 10.4. The topological polar surface area (TPSA) is 29.5 Å². The first-order chi connectivity index (χ1) is 7.01. The minimum Gasteiger partial charge on any atom is -0.494 e. The predicted molar refractivity (Wildman–Crippen MR) is 60.8 cm³/mol. The first kappa shape index (κ1) is 11.6. The molecule has 0 saturated heterocycles. The van der Waals surface area contributed by atoms with Crippen molar-refractivity contribution >= 4 is 0 Å². The van der Waals surface area contributed by atoms with Gasteiger partial charge >= 0.3 is 0 Å². The van der Waals surface area contributed by atoms with Crippen LogP contribution in [0.5, 0.6) is 5.75 Å². The van der Waals surface area contributed by atoms with Crippen molar-refractivity contribution in [3.05, 3.63) is 29.8 Å². The fourth-order valence-electron chi connectivity index (χ4n) is 1.03. The van der Waals surface area contributed by atoms with Crippen LogP contribution in [0.15, 0.2) is 24.3 Å². The highest BCUT2D eigenvalue weighted by molar-refractivity contribution is 5.39. The van der Waals surface area contributed by atoms with Gasteiger partial charge in [-0.15, -0.1) is 0 Å². The highest BCUT2D eigenvalue weighted by atomic mass is 16.5. The lowest BCUT2D eigenvalue weighted by Gasteiger charge is -2.06. The summed E-state index contributed by atoms with van der Waals surface area (Å²) < 4.78 is 5.31. The molecule has 0 amide bonds. The molecule has 0 aliphatic heterocycles. The Morgan fingerprint density at radius 2 is 1.87 bits per heavy atom. The van der Waals surface area contributed by atoms with Gasteiger partial charge in [0.25, 0.3) is 0 Å². The lowest BCUT2D eigenvalue weighted by atomic mass is 10.1. The third-order valence-electron chi connectivity index (χ3n) is 1.68. The Kier molecular flexibility index (Phi) is 3.76. The molecule has 0 aromatic heterocycles. The van der Waals surface area contributed by atoms with Crippen molar-refractivity contribution in [2.75, 3.05) is 6.61 Å². The van der Waals surface area contributed by atoms with Crippen LogP contribution in [0.25, 0.3) is 0 Å². The van der Waals surface area contributed by atoms with Gasteiger partial charge in [0, 0.05) is 5.56 Å². The molecule has 0 spiro atoms. The molecule has 0 bridgehead atoms. The standard InChI is InChI=1S/C13H16O2/c1-4-15-12-7-5-11(6-8-12)9-10-13(2,3)14/h5-8,14H,4H2,1-3H3. The van der Waals surface area contributed by atoms with Gasteiger partial charge in [0.05, 0.1) is 6.61 Å². The largest absolute Gasteiger partial charge is 0.494 e. The van der Waals surface area contributed by atoms with E-state index in [2.05, 4.69) is 11.8 Å². The van der Waals surface area contributed by atoms with Crippen LogP contribution >= 0.6 is 0 Å². The summed E-state index contributed by atoms with van der Waals surface area (Å²) in [6.45, 7) is 5.93. The van der Waals surface area contributed by atoms with E-state index in [-0.39, 0.29) is 0 Å². The second-order valence-electron chi connectivity index (χ2n) is 3.77. The molecule has 2 heteroatoms. The zero-order valence-corrected chi connectivity index (χ0v) is 9.37. The summed E-state index contributed by atoms with van der Waals surface area (Å²) in [5.74, 6) is 6.49. The number of rotatable bonds is 2. The van der Waals surface area contributed by atoms with Gasteiger partial charge in [-0.2, -0.15) is 0 Å². The van der Waals surface area contributed by atoms with E-state index in [1.54, 1.807) is 13.8 Å². The van der Waals surface area contributed by atoms with Crippen molar-refractivity contribution < 1.29 is 9.84 Å². The van der Waals surface area contributed by atoms with E-state index in [1.807, 2.05) is 31.2 Å². The van der Waals surface area contributed by atoms with Crippen molar-refractivity contribution in [1.82, 2.24) is 0 Å². The maximum absolute atomic E-state index is 9.42. The lowest BCUT2D eigenvalue weighted by Crippen LogP contribution is -2.14. The Hall–Kier alpha value is -1.46. The molecule has 0 radical (unpaired) electrons. The first-order valence-electron chi connectivity index (χ1n) is 4.99. The highest BCUT2D eigenvalue weighted by Gasteiger charge is 2.05. The summed E-state index contributed by atoms with van der Waals surface area (Å²) in [4.78, 5) is 0. The quantitative estimate of drug-likeness (QED) is 0.748. The molecule has 0 saturated carbocycles. The van der Waals surface area contributed by atoms with Crippen molar-refractivity contribution in [3.63, 3.8) is 0 Å². The molecular weight excluding hydrogens is 188 g/mol. The molecule has 0 aliphatic rings. The van der Waals surface area contributed by atoms with E-state index in [0.29, 0.717) is 6.61 Å². The van der Waals surface area contributed by atoms with E-state index in [1.165, 1.54) is 0 Å². The molecule has 15 heavy (non-hydrogen) atoms. The van der Waals surface area contributed by atoms with Crippen LogP contribution in [0.2, 0.25) is 0 Å². The van der Waals surface area contributed by atoms with E-state index in [9.17, 15) is 5.11 Å². The fourth-order valence-corrected chi connectivity index (χ4v) is 1.03. The minimum absolute atomic E-state index is 0.661. The molecule has 0 atom stereocenters. The zero-order chi connectivity index (χ0) is 11.3. The van der Waals surface area contributed by atoms with Crippen molar-refractivity contribution in [3.8, 4) is 17.6 Å². The number of hydrogen-bond donors (Lipinski definition) is 1. The summed E-state index contributed by atoms with van der Waals surface area (Å²) in [7, 11) is 0. The highest BCUT2D eigenvalue weighted by Crippen LogP contribution is 2.11. The molecule has 0 aliphatic carbocycles. The lowest BCUT2D eigenvalue weighted by molar-refractivity contribution is 0.143. The van der Waals surface area contributed by atoms with Crippen LogP contribution in [-0.4, -0.2) is 17.3 Å². The van der Waals surface area contributed by atoms with Gasteiger partial charge in [0.1, 0.15) is 11.4 Å². The van der Waals surface area contributed by atoms with E-state index in [0.717, 1.165) is 11.3 Å². The average molecular weight is 204 g/mol. The average Bonchev–Trinajstić information content (AvgIpc) is 2.16. The number of benzene rings is 1. The van der Waals surface area contributed by atoms with E-state index in [4.69, 9.17) is 4.74 Å². The van der Waals surface area contributed by atoms with Crippen LogP contribution in [0, 0.1) is 11.8 Å². The second-order valence-corrected chi connectivity index (χ2v) is 3.77. The molecule has 1 aromatic rings. The van der Waals surface area contributed by atoms with Gasteiger partial charge in [-0.1, -0.05) is 11.8 Å². The molecule has 1 rings (SSSR count). The third-order valence-corrected chi connectivity index (χ3v) is 1.68. The van der Waals surface area contributed by atoms with Gasteiger partial charge in [-0.25, -0.2) is 0 Å². The Morgan fingerprint density at radius 1 is 1.27 bits per heavy atom. The van der Waals surface area contributed by atoms with Gasteiger partial charge in [-0.3, -0.25) is 0 Å². The maximum atomic E-state index is 9.42. The van der Waals surface area contributed by atoms with Crippen LogP contribution in [-0.2, 0) is 0 Å². The van der Waals surface area contributed by atoms with Gasteiger partial charge in [0.15, 0.2) is 0 Å². The predicted octanol–water partition coefficient (Wildman–Crippen LogP) is 2.21. The van der Waals surface area contributed by atoms with Crippen molar-refractivity contribution in [2.45, 2.75) is 26.4 Å². The second kappa shape index (κ2) is 4.86. The smallest absolute Gasteiger partial charge is 0.120 e. The van der Waals surface area contributed by atoms with Crippen molar-refractivity contribution in [1.29, 1.82) is 0 Å². The molecule has 0 unspecified atom stereocenters. The Balaban J connectivity index is 2.75. The monoisotopic (exact) mass is 204 g/mol. The number of aliphatic hydroxyl groups is 1. The molecule has 0 fully saturated rings. The molecular formula is C13H16O2. The Bertz CT molecular complexity index is 360. The number of ether oxygens (including phenoxy) is 1. The summed E-state index contributed by atoms with van der Waals surface area (Å²) in [6.07, 6.45) is 0. The Morgan fingerprint density at radius 3 is 2.33 bits per heavy atom. The molecule has 0 heterocycles. The molecule has 1 N–H and O–H groups in total. The first-order valence-corrected chi connectivity index (χ1v) is 4.99. The SMILES string of the molecule is CCOc1ccc(C#CC(C)(C)O)cc1. The molecule has 80 valence electrons. The van der Waals surface area contributed by atoms with Gasteiger partial charge < -0.3 is 9.84 Å². The maximum Gasteiger partial charge on any atom is 0.120 e. The summed E-state index contributed by atoms with van der Waals surface area (Å²) >= 11 is 0. The van der Waals surface area contributed by atoms with Crippen LogP contribution in [0.3, 0.4) is 0 Å².